The highest BCUT2D eigenvalue weighted by molar-refractivity contribution is 6.28. The smallest absolute Gasteiger partial charge is 0.352 e. The van der Waals surface area contributed by atoms with E-state index in [4.69, 9.17) is 16.3 Å². The number of ether oxygens (including phenoxy) is 1. The molecule has 1 heterocycles. The maximum atomic E-state index is 13.5. The molecule has 0 aliphatic carbocycles. The lowest BCUT2D eigenvalue weighted by molar-refractivity contribution is -0.386. The van der Waals surface area contributed by atoms with E-state index >= 15 is 0 Å². The molecule has 1 aromatic heterocycles. The largest absolute Gasteiger partial charge is 0.430 e. The average molecular weight is 302 g/mol. The number of aryl methyl sites for hydroxylation is 1. The van der Waals surface area contributed by atoms with Crippen molar-refractivity contribution in [2.75, 3.05) is 0 Å². The van der Waals surface area contributed by atoms with Gasteiger partial charge in [0.15, 0.2) is 11.6 Å². The van der Waals surface area contributed by atoms with Crippen LogP contribution in [-0.4, -0.2) is 14.9 Å². The van der Waals surface area contributed by atoms with Crippen molar-refractivity contribution in [2.45, 2.75) is 6.92 Å². The normalized spacial score (nSPS) is 10.4. The number of hydrogen-bond acceptors (Lipinski definition) is 5. The zero-order valence-corrected chi connectivity index (χ0v) is 10.7. The van der Waals surface area contributed by atoms with Crippen LogP contribution in [-0.2, 0) is 0 Å². The molecule has 0 amide bonds. The molecule has 0 aliphatic heterocycles. The molecule has 0 saturated heterocycles. The van der Waals surface area contributed by atoms with E-state index in [2.05, 4.69) is 9.97 Å². The van der Waals surface area contributed by atoms with Crippen molar-refractivity contribution >= 4 is 17.3 Å². The third-order valence-electron chi connectivity index (χ3n) is 2.28. The molecule has 0 saturated carbocycles. The molecule has 20 heavy (non-hydrogen) atoms. The van der Waals surface area contributed by atoms with Gasteiger partial charge in [0.1, 0.15) is 11.5 Å². The van der Waals surface area contributed by atoms with Gasteiger partial charge in [-0.1, -0.05) is 0 Å². The van der Waals surface area contributed by atoms with Crippen LogP contribution < -0.4 is 4.74 Å². The average Bonchev–Trinajstić information content (AvgIpc) is 2.31. The summed E-state index contributed by atoms with van der Waals surface area (Å²) in [5.74, 6) is -2.75. The van der Waals surface area contributed by atoms with E-state index in [0.717, 1.165) is 12.1 Å². The minimum absolute atomic E-state index is 0.0347. The van der Waals surface area contributed by atoms with Crippen LogP contribution in [0.2, 0.25) is 5.28 Å². The summed E-state index contributed by atoms with van der Waals surface area (Å²) in [6.45, 7) is 1.33. The van der Waals surface area contributed by atoms with Gasteiger partial charge >= 0.3 is 11.6 Å². The van der Waals surface area contributed by atoms with Gasteiger partial charge in [-0.15, -0.1) is 0 Å². The molecule has 0 unspecified atom stereocenters. The predicted molar refractivity (Wildman–Crippen MR) is 64.9 cm³/mol. The van der Waals surface area contributed by atoms with E-state index in [9.17, 15) is 18.9 Å². The van der Waals surface area contributed by atoms with Crippen LogP contribution in [0.15, 0.2) is 18.2 Å². The summed E-state index contributed by atoms with van der Waals surface area (Å²) < 4.78 is 31.2. The number of hydrogen-bond donors (Lipinski definition) is 0. The SMILES string of the molecule is Cc1nc(Cl)nc(Oc2ccc(F)cc2F)c1[N+](=O)[O-]. The third-order valence-corrected chi connectivity index (χ3v) is 2.45. The van der Waals surface area contributed by atoms with E-state index in [1.54, 1.807) is 0 Å². The second kappa shape index (κ2) is 5.33. The third kappa shape index (κ3) is 2.80. The molecule has 0 aliphatic rings. The quantitative estimate of drug-likeness (QED) is 0.493. The fraction of sp³-hybridized carbons (Fsp3) is 0.0909. The van der Waals surface area contributed by atoms with Gasteiger partial charge in [-0.25, -0.2) is 13.8 Å². The lowest BCUT2D eigenvalue weighted by Crippen LogP contribution is -2.02. The Morgan fingerprint density at radius 1 is 1.35 bits per heavy atom. The van der Waals surface area contributed by atoms with Crippen molar-refractivity contribution in [1.82, 2.24) is 9.97 Å². The van der Waals surface area contributed by atoms with Crippen molar-refractivity contribution in [3.05, 3.63) is 50.9 Å². The van der Waals surface area contributed by atoms with Crippen LogP contribution in [0.25, 0.3) is 0 Å². The molecule has 2 rings (SSSR count). The highest BCUT2D eigenvalue weighted by Crippen LogP contribution is 2.33. The molecule has 0 N–H and O–H groups in total. The van der Waals surface area contributed by atoms with Gasteiger partial charge in [0.2, 0.25) is 5.28 Å². The summed E-state index contributed by atoms with van der Waals surface area (Å²) in [6, 6.07) is 2.51. The molecule has 9 heteroatoms. The minimum atomic E-state index is -1.02. The highest BCUT2D eigenvalue weighted by Gasteiger charge is 2.24. The molecule has 0 fully saturated rings. The van der Waals surface area contributed by atoms with Gasteiger partial charge in [0, 0.05) is 6.07 Å². The minimum Gasteiger partial charge on any atom is -0.430 e. The Labute approximate surface area is 116 Å². The van der Waals surface area contributed by atoms with Gasteiger partial charge in [0.05, 0.1) is 4.92 Å². The Morgan fingerprint density at radius 3 is 2.65 bits per heavy atom. The van der Waals surface area contributed by atoms with Crippen molar-refractivity contribution in [1.29, 1.82) is 0 Å². The summed E-state index contributed by atoms with van der Waals surface area (Å²) >= 11 is 5.58. The first-order chi connectivity index (χ1) is 9.38. The Hall–Kier alpha value is -2.35. The van der Waals surface area contributed by atoms with Crippen LogP contribution in [0.3, 0.4) is 0 Å². The lowest BCUT2D eigenvalue weighted by Gasteiger charge is -2.07. The molecule has 2 aromatic rings. The van der Waals surface area contributed by atoms with E-state index in [1.165, 1.54) is 6.92 Å². The number of rotatable bonds is 3. The van der Waals surface area contributed by atoms with Crippen LogP contribution in [0.5, 0.6) is 11.6 Å². The molecule has 0 atom stereocenters. The van der Waals surface area contributed by atoms with E-state index in [-0.39, 0.29) is 11.0 Å². The first-order valence-electron chi connectivity index (χ1n) is 5.20. The fourth-order valence-electron chi connectivity index (χ4n) is 1.45. The van der Waals surface area contributed by atoms with Crippen LogP contribution in [0.4, 0.5) is 14.5 Å². The maximum Gasteiger partial charge on any atom is 0.352 e. The summed E-state index contributed by atoms with van der Waals surface area (Å²) in [4.78, 5) is 17.3. The van der Waals surface area contributed by atoms with Gasteiger partial charge in [0.25, 0.3) is 0 Å². The topological polar surface area (TPSA) is 78.2 Å². The van der Waals surface area contributed by atoms with Gasteiger partial charge in [-0.3, -0.25) is 10.1 Å². The van der Waals surface area contributed by atoms with Crippen molar-refractivity contribution in [2.24, 2.45) is 0 Å². The molecule has 0 spiro atoms. The first kappa shape index (κ1) is 14.1. The summed E-state index contributed by atoms with van der Waals surface area (Å²) in [6.07, 6.45) is 0. The molecular formula is C11H6ClF2N3O3. The van der Waals surface area contributed by atoms with Crippen LogP contribution >= 0.6 is 11.6 Å². The monoisotopic (exact) mass is 301 g/mol. The Kier molecular flexibility index (Phi) is 3.75. The van der Waals surface area contributed by atoms with Crippen LogP contribution in [0, 0.1) is 28.7 Å². The number of halogens is 3. The summed E-state index contributed by atoms with van der Waals surface area (Å²) in [7, 11) is 0. The molecule has 6 nitrogen and oxygen atoms in total. The van der Waals surface area contributed by atoms with Gasteiger partial charge < -0.3 is 4.74 Å². The first-order valence-corrected chi connectivity index (χ1v) is 5.57. The number of nitro groups is 1. The van der Waals surface area contributed by atoms with Crippen LogP contribution in [0.1, 0.15) is 5.69 Å². The van der Waals surface area contributed by atoms with Crippen molar-refractivity contribution in [3.63, 3.8) is 0 Å². The van der Waals surface area contributed by atoms with Gasteiger partial charge in [-0.05, 0) is 30.7 Å². The van der Waals surface area contributed by atoms with Crippen molar-refractivity contribution in [3.8, 4) is 11.6 Å². The molecule has 104 valence electrons. The Bertz CT molecular complexity index is 697. The second-order valence-corrected chi connectivity index (χ2v) is 4.00. The summed E-state index contributed by atoms with van der Waals surface area (Å²) in [5.41, 5.74) is -0.578. The molecule has 0 bridgehead atoms. The molecule has 1 aromatic carbocycles. The van der Waals surface area contributed by atoms with Crippen molar-refractivity contribution < 1.29 is 18.4 Å². The Morgan fingerprint density at radius 2 is 2.05 bits per heavy atom. The van der Waals surface area contributed by atoms with E-state index in [0.29, 0.717) is 6.07 Å². The fourth-order valence-corrected chi connectivity index (χ4v) is 1.65. The lowest BCUT2D eigenvalue weighted by atomic mass is 10.3. The second-order valence-electron chi connectivity index (χ2n) is 3.67. The number of benzene rings is 1. The van der Waals surface area contributed by atoms with E-state index in [1.807, 2.05) is 0 Å². The highest BCUT2D eigenvalue weighted by atomic mass is 35.5. The van der Waals surface area contributed by atoms with Gasteiger partial charge in [-0.2, -0.15) is 4.98 Å². The molecular weight excluding hydrogens is 296 g/mol. The van der Waals surface area contributed by atoms with E-state index < -0.39 is 33.9 Å². The maximum absolute atomic E-state index is 13.5. The zero-order chi connectivity index (χ0) is 14.9. The number of nitrogens with zero attached hydrogens (tertiary/aromatic N) is 3. The zero-order valence-electron chi connectivity index (χ0n) is 9.93. The standard InChI is InChI=1S/C11H6ClF2N3O3/c1-5-9(17(18)19)10(16-11(12)15-5)20-8-3-2-6(13)4-7(8)14/h2-4H,1H3. The molecule has 0 radical (unpaired) electrons. The number of aromatic nitrogens is 2. The Balaban J connectivity index is 2.50. The predicted octanol–water partition coefficient (Wildman–Crippen LogP) is 3.42. The summed E-state index contributed by atoms with van der Waals surface area (Å²) in [5, 5.41) is 10.6.